The highest BCUT2D eigenvalue weighted by atomic mass is 35.5. The number of rotatable bonds is 12. The fraction of sp³-hybridized carbons (Fsp3) is 0.395. The molecule has 1 N–H and O–H groups in total. The Labute approximate surface area is 346 Å². The van der Waals surface area contributed by atoms with Crippen LogP contribution in [0.25, 0.3) is 0 Å². The zero-order valence-electron chi connectivity index (χ0n) is 32.2. The van der Waals surface area contributed by atoms with Crippen LogP contribution in [0.2, 0.25) is 10.0 Å². The number of nitrogens with zero attached hydrogens (tertiary/aromatic N) is 4. The summed E-state index contributed by atoms with van der Waals surface area (Å²) in [6.45, 7) is 2.54. The maximum atomic E-state index is 15.4. The number of piperidine rings is 4. The third-order valence-corrected chi connectivity index (χ3v) is 12.5. The highest BCUT2D eigenvalue weighted by Gasteiger charge is 2.54. The van der Waals surface area contributed by atoms with Crippen molar-refractivity contribution in [3.05, 3.63) is 122 Å². The first kappa shape index (κ1) is 41.1. The van der Waals surface area contributed by atoms with Gasteiger partial charge in [0.15, 0.2) is 23.9 Å². The number of hydrogen-bond donors (Lipinski definition) is 1. The molecule has 1 aromatic heterocycles. The van der Waals surface area contributed by atoms with Gasteiger partial charge in [0.1, 0.15) is 27.5 Å². The molecule has 4 aliphatic rings. The zero-order chi connectivity index (χ0) is 41.1. The summed E-state index contributed by atoms with van der Waals surface area (Å²) >= 11 is 13.2. The molecule has 0 radical (unpaired) electrons. The molecule has 0 aliphatic carbocycles. The quantitative estimate of drug-likeness (QED) is 0.114. The highest BCUT2D eigenvalue weighted by molar-refractivity contribution is 6.35. The van der Waals surface area contributed by atoms with Crippen molar-refractivity contribution < 1.29 is 42.8 Å². The molecular formula is C43H45Cl2FN4O8. The average molecular weight is 836 g/mol. The number of halogens is 3. The van der Waals surface area contributed by atoms with Gasteiger partial charge in [0.05, 0.1) is 26.5 Å². The van der Waals surface area contributed by atoms with Gasteiger partial charge in [0, 0.05) is 30.1 Å². The summed E-state index contributed by atoms with van der Waals surface area (Å²) in [6, 6.07) is 17.6. The molecule has 3 aromatic carbocycles. The van der Waals surface area contributed by atoms with Gasteiger partial charge in [0.2, 0.25) is 0 Å². The molecule has 8 rings (SSSR count). The molecule has 12 nitrogen and oxygen atoms in total. The van der Waals surface area contributed by atoms with Crippen molar-refractivity contribution in [2.75, 3.05) is 45.3 Å². The van der Waals surface area contributed by atoms with E-state index in [1.54, 1.807) is 48.5 Å². The molecule has 58 heavy (non-hydrogen) atoms. The van der Waals surface area contributed by atoms with Crippen LogP contribution in [0.4, 0.5) is 14.9 Å². The predicted octanol–water partition coefficient (Wildman–Crippen LogP) is 7.50. The lowest BCUT2D eigenvalue weighted by atomic mass is 9.70. The van der Waals surface area contributed by atoms with Crippen LogP contribution in [0.3, 0.4) is 0 Å². The van der Waals surface area contributed by atoms with Crippen molar-refractivity contribution in [3.8, 4) is 11.5 Å². The van der Waals surface area contributed by atoms with E-state index in [0.717, 1.165) is 38.3 Å². The van der Waals surface area contributed by atoms with Crippen molar-refractivity contribution in [1.82, 2.24) is 9.80 Å². The van der Waals surface area contributed by atoms with Gasteiger partial charge in [-0.3, -0.25) is 14.6 Å². The number of pyridine rings is 1. The number of carbonyl (C=O) groups excluding carboxylic acids is 2. The Morgan fingerprint density at radius 2 is 1.69 bits per heavy atom. The van der Waals surface area contributed by atoms with Gasteiger partial charge in [-0.15, -0.1) is 0 Å². The van der Waals surface area contributed by atoms with Crippen LogP contribution in [0.15, 0.2) is 79.1 Å². The number of carboxylic acid groups (broad SMARTS) is 1. The minimum Gasteiger partial charge on any atom is -0.619 e. The predicted molar refractivity (Wildman–Crippen MR) is 215 cm³/mol. The average Bonchev–Trinajstić information content (AvgIpc) is 3.22. The molecule has 0 spiro atoms. The second-order valence-electron chi connectivity index (χ2n) is 15.1. The fourth-order valence-electron chi connectivity index (χ4n) is 8.87. The Morgan fingerprint density at radius 3 is 2.34 bits per heavy atom. The van der Waals surface area contributed by atoms with Crippen molar-refractivity contribution in [2.45, 2.75) is 62.6 Å². The molecule has 4 saturated heterocycles. The van der Waals surface area contributed by atoms with Gasteiger partial charge in [-0.05, 0) is 105 Å². The smallest absolute Gasteiger partial charge is 0.415 e. The topological polar surface area (TPSA) is 136 Å². The van der Waals surface area contributed by atoms with Gasteiger partial charge in [-0.1, -0.05) is 53.5 Å². The first-order valence-corrected chi connectivity index (χ1v) is 20.1. The van der Waals surface area contributed by atoms with Crippen LogP contribution in [0.5, 0.6) is 11.5 Å². The van der Waals surface area contributed by atoms with Gasteiger partial charge < -0.3 is 29.4 Å². The number of methoxy groups -OCH3 is 2. The number of fused-ring (bicyclic) bond motifs is 3. The summed E-state index contributed by atoms with van der Waals surface area (Å²) in [5, 5.41) is 23.7. The summed E-state index contributed by atoms with van der Waals surface area (Å²) in [6.07, 6.45) is 4.20. The Kier molecular flexibility index (Phi) is 12.3. The number of anilines is 1. The molecule has 0 unspecified atom stereocenters. The normalized spacial score (nSPS) is 21.9. The van der Waals surface area contributed by atoms with E-state index in [1.165, 1.54) is 42.2 Å². The number of para-hydroxylation sites is 1. The fourth-order valence-corrected chi connectivity index (χ4v) is 9.47. The van der Waals surface area contributed by atoms with E-state index in [-0.39, 0.29) is 59.2 Å². The van der Waals surface area contributed by atoms with Crippen LogP contribution in [-0.4, -0.2) is 84.9 Å². The van der Waals surface area contributed by atoms with E-state index in [4.69, 9.17) is 37.4 Å². The second-order valence-corrected chi connectivity index (χ2v) is 15.9. The zero-order valence-corrected chi connectivity index (χ0v) is 33.8. The second kappa shape index (κ2) is 17.4. The van der Waals surface area contributed by atoms with Crippen LogP contribution in [-0.2, 0) is 22.5 Å². The summed E-state index contributed by atoms with van der Waals surface area (Å²) < 4.78 is 33.0. The number of aromatic nitrogens is 1. The summed E-state index contributed by atoms with van der Waals surface area (Å²) in [4.78, 5) is 47.7. The lowest BCUT2D eigenvalue weighted by Gasteiger charge is -2.49. The Morgan fingerprint density at radius 1 is 0.966 bits per heavy atom. The monoisotopic (exact) mass is 834 g/mol. The van der Waals surface area contributed by atoms with E-state index in [2.05, 4.69) is 4.90 Å². The van der Waals surface area contributed by atoms with Crippen LogP contribution in [0.1, 0.15) is 65.1 Å². The number of carboxylic acids is 1. The molecule has 2 amide bonds. The summed E-state index contributed by atoms with van der Waals surface area (Å²) in [5.74, 6) is -2.35. The maximum Gasteiger partial charge on any atom is 0.415 e. The first-order valence-electron chi connectivity index (χ1n) is 19.3. The molecule has 4 aromatic rings. The highest BCUT2D eigenvalue weighted by Crippen LogP contribution is 2.47. The van der Waals surface area contributed by atoms with Gasteiger partial charge >= 0.3 is 12.1 Å². The third-order valence-electron chi connectivity index (χ3n) is 11.9. The van der Waals surface area contributed by atoms with E-state index < -0.39 is 35.2 Å². The number of aliphatic carboxylic acids is 1. The molecule has 15 heteroatoms. The number of carbonyl (C=O) groups is 3. The standard InChI is InChI=1S/C43H45Cl2FN4O8/c1-56-37-13-12-29(21-38(37)57-2)32(22-31-33(44)24-48(55)25-34(31)45)43(41(52)53)16-5-6-17-50(43)40(51)30-9-7-8-27(20-30)23-49(36-11-4-3-10-35(36)46)42(54)58-39-26-47-18-14-28(39)15-19-47/h3-4,7-13,20-21,24-25,28,32,39H,5-6,14-19,22-23,26H2,1-2H3,(H,52,53)/t32-,39-,43-/m0/s1. The van der Waals surface area contributed by atoms with E-state index in [9.17, 15) is 24.7 Å². The SMILES string of the molecule is COc1ccc([C@H](Cc2c(Cl)c[n+]([O-])cc2Cl)[C@]2(C(=O)O)CCCCN2C(=O)c2cccc(CN(C(=O)O[C@H]3CN4CCC3CC4)c3ccccc3F)c2)cc1OC. The van der Waals surface area contributed by atoms with Crippen LogP contribution in [0, 0.1) is 16.9 Å². The van der Waals surface area contributed by atoms with Crippen molar-refractivity contribution in [3.63, 3.8) is 0 Å². The Hall–Kier alpha value is -5.11. The van der Waals surface area contributed by atoms with E-state index >= 15 is 4.39 Å². The van der Waals surface area contributed by atoms with Gasteiger partial charge in [-0.2, -0.15) is 4.73 Å². The van der Waals surface area contributed by atoms with Gasteiger partial charge in [-0.25, -0.2) is 14.0 Å². The lowest BCUT2D eigenvalue weighted by molar-refractivity contribution is -0.605. The maximum absolute atomic E-state index is 15.4. The van der Waals surface area contributed by atoms with Crippen molar-refractivity contribution >= 4 is 46.9 Å². The van der Waals surface area contributed by atoms with Crippen LogP contribution >= 0.6 is 23.2 Å². The number of ether oxygens (including phenoxy) is 3. The van der Waals surface area contributed by atoms with Crippen molar-refractivity contribution in [2.24, 2.45) is 5.92 Å². The lowest BCUT2D eigenvalue weighted by Crippen LogP contribution is -2.63. The number of amides is 2. The van der Waals surface area contributed by atoms with Crippen molar-refractivity contribution in [1.29, 1.82) is 0 Å². The molecular weight excluding hydrogens is 790 g/mol. The molecule has 4 fully saturated rings. The first-order chi connectivity index (χ1) is 27.9. The number of hydrogen-bond acceptors (Lipinski definition) is 8. The molecule has 306 valence electrons. The third kappa shape index (κ3) is 8.12. The minimum atomic E-state index is -1.83. The number of benzene rings is 3. The van der Waals surface area contributed by atoms with Gasteiger partial charge in [0.25, 0.3) is 5.91 Å². The molecule has 3 atom stereocenters. The minimum absolute atomic E-state index is 0.0323. The molecule has 2 bridgehead atoms. The van der Waals surface area contributed by atoms with Crippen LogP contribution < -0.4 is 19.1 Å². The number of likely N-dealkylation sites (tertiary alicyclic amines) is 1. The molecule has 4 aliphatic heterocycles. The largest absolute Gasteiger partial charge is 0.619 e. The molecule has 0 saturated carbocycles. The van der Waals surface area contributed by atoms with E-state index in [1.807, 2.05) is 0 Å². The Bertz CT molecular complexity index is 2160. The Balaban J connectivity index is 1.25. The van der Waals surface area contributed by atoms with E-state index in [0.29, 0.717) is 52.3 Å². The molecule has 5 heterocycles. The summed E-state index contributed by atoms with van der Waals surface area (Å²) in [5.41, 5.74) is -0.263. The summed E-state index contributed by atoms with van der Waals surface area (Å²) in [7, 11) is 2.96.